The van der Waals surface area contributed by atoms with Gasteiger partial charge in [0.15, 0.2) is 5.17 Å². The number of hydrogen-bond donors (Lipinski definition) is 1. The van der Waals surface area contributed by atoms with E-state index in [9.17, 15) is 9.18 Å². The number of amides is 1. The van der Waals surface area contributed by atoms with Crippen LogP contribution in [-0.4, -0.2) is 11.1 Å². The predicted molar refractivity (Wildman–Crippen MR) is 86.5 cm³/mol. The van der Waals surface area contributed by atoms with Gasteiger partial charge < -0.3 is 5.32 Å². The topological polar surface area (TPSA) is 41.5 Å². The van der Waals surface area contributed by atoms with E-state index in [2.05, 4.69) is 10.3 Å². The highest BCUT2D eigenvalue weighted by Crippen LogP contribution is 2.30. The summed E-state index contributed by atoms with van der Waals surface area (Å²) in [5.41, 5.74) is 0.583. The van der Waals surface area contributed by atoms with Gasteiger partial charge in [-0.2, -0.15) is 0 Å². The van der Waals surface area contributed by atoms with Crippen molar-refractivity contribution in [3.8, 4) is 0 Å². The molecule has 0 atom stereocenters. The highest BCUT2D eigenvalue weighted by molar-refractivity contribution is 8.18. The molecule has 2 heterocycles. The Morgan fingerprint density at radius 3 is 2.62 bits per heavy atom. The van der Waals surface area contributed by atoms with Gasteiger partial charge in [-0.25, -0.2) is 9.38 Å². The van der Waals surface area contributed by atoms with Crippen LogP contribution in [0.25, 0.3) is 6.08 Å². The first kappa shape index (κ1) is 14.3. The number of nitrogens with zero attached hydrogens (tertiary/aromatic N) is 1. The maximum absolute atomic E-state index is 12.8. The Kier molecular flexibility index (Phi) is 4.10. The third-order valence-electron chi connectivity index (χ3n) is 2.58. The summed E-state index contributed by atoms with van der Waals surface area (Å²) in [6.07, 6.45) is 1.77. The van der Waals surface area contributed by atoms with Crippen LogP contribution in [-0.2, 0) is 4.79 Å². The standard InChI is InChI=1S/C14H8ClFN2OS2/c15-12-6-5-10(20-12)7-11-13(19)18-14(21-11)17-9-3-1-8(16)2-4-9/h1-7H,(H,17,18,19)/b11-7+. The van der Waals surface area contributed by atoms with E-state index < -0.39 is 0 Å². The lowest BCUT2D eigenvalue weighted by atomic mass is 10.3. The monoisotopic (exact) mass is 338 g/mol. The lowest BCUT2D eigenvalue weighted by molar-refractivity contribution is -0.115. The van der Waals surface area contributed by atoms with Crippen molar-refractivity contribution >= 4 is 57.5 Å². The molecule has 1 saturated heterocycles. The summed E-state index contributed by atoms with van der Waals surface area (Å²) in [6, 6.07) is 9.38. The van der Waals surface area contributed by atoms with Crippen molar-refractivity contribution in [1.82, 2.24) is 5.32 Å². The first-order valence-corrected chi connectivity index (χ1v) is 7.92. The second-order valence-corrected chi connectivity index (χ2v) is 6.88. The molecular weight excluding hydrogens is 331 g/mol. The third kappa shape index (κ3) is 3.53. The summed E-state index contributed by atoms with van der Waals surface area (Å²) in [5.74, 6) is -0.525. The van der Waals surface area contributed by atoms with Gasteiger partial charge in [0.25, 0.3) is 5.91 Å². The minimum Gasteiger partial charge on any atom is -0.300 e. The van der Waals surface area contributed by atoms with Crippen LogP contribution in [0, 0.1) is 5.82 Å². The molecule has 1 aromatic carbocycles. The SMILES string of the molecule is O=C1NC(=Nc2ccc(F)cc2)S/C1=C/c1ccc(Cl)s1. The number of rotatable bonds is 2. The molecule has 0 radical (unpaired) electrons. The van der Waals surface area contributed by atoms with Gasteiger partial charge in [-0.3, -0.25) is 4.79 Å². The highest BCUT2D eigenvalue weighted by atomic mass is 35.5. The number of benzene rings is 1. The molecule has 0 saturated carbocycles. The van der Waals surface area contributed by atoms with Gasteiger partial charge in [-0.1, -0.05) is 11.6 Å². The number of aliphatic imine (C=N–C) groups is 1. The molecule has 1 aromatic heterocycles. The number of thiophene rings is 1. The van der Waals surface area contributed by atoms with E-state index in [4.69, 9.17) is 11.6 Å². The van der Waals surface area contributed by atoms with E-state index in [0.717, 1.165) is 4.88 Å². The lowest BCUT2D eigenvalue weighted by Crippen LogP contribution is -2.19. The van der Waals surface area contributed by atoms with Gasteiger partial charge in [-0.05, 0) is 54.2 Å². The van der Waals surface area contributed by atoms with Crippen LogP contribution < -0.4 is 5.32 Å². The second-order valence-electron chi connectivity index (χ2n) is 4.10. The van der Waals surface area contributed by atoms with Crippen molar-refractivity contribution in [1.29, 1.82) is 0 Å². The van der Waals surface area contributed by atoms with Gasteiger partial charge in [0, 0.05) is 4.88 Å². The molecule has 3 rings (SSSR count). The van der Waals surface area contributed by atoms with Crippen LogP contribution in [0.3, 0.4) is 0 Å². The molecule has 3 nitrogen and oxygen atoms in total. The average molecular weight is 339 g/mol. The molecular formula is C14H8ClFN2OS2. The van der Waals surface area contributed by atoms with Crippen LogP contribution in [0.15, 0.2) is 46.3 Å². The Labute approximate surface area is 133 Å². The van der Waals surface area contributed by atoms with E-state index in [1.54, 1.807) is 24.3 Å². The molecule has 1 amide bonds. The minimum absolute atomic E-state index is 0.203. The summed E-state index contributed by atoms with van der Waals surface area (Å²) < 4.78 is 13.5. The zero-order valence-corrected chi connectivity index (χ0v) is 12.9. The molecule has 0 bridgehead atoms. The number of carbonyl (C=O) groups is 1. The van der Waals surface area contributed by atoms with Crippen molar-refractivity contribution < 1.29 is 9.18 Å². The molecule has 1 aliphatic heterocycles. The fourth-order valence-corrected chi connectivity index (χ4v) is 3.56. The fourth-order valence-electron chi connectivity index (χ4n) is 1.65. The Morgan fingerprint density at radius 2 is 1.95 bits per heavy atom. The van der Waals surface area contributed by atoms with Crippen molar-refractivity contribution in [2.45, 2.75) is 0 Å². The normalized spacial score (nSPS) is 18.5. The van der Waals surface area contributed by atoms with Crippen molar-refractivity contribution in [3.05, 3.63) is 56.3 Å². The molecule has 0 spiro atoms. The summed E-state index contributed by atoms with van der Waals surface area (Å²) in [7, 11) is 0. The maximum atomic E-state index is 12.8. The number of hydrogen-bond acceptors (Lipinski definition) is 4. The molecule has 106 valence electrons. The number of nitrogens with one attached hydrogen (secondary N) is 1. The Morgan fingerprint density at radius 1 is 1.19 bits per heavy atom. The van der Waals surface area contributed by atoms with Gasteiger partial charge in [0.1, 0.15) is 5.82 Å². The van der Waals surface area contributed by atoms with E-state index in [1.165, 1.54) is 35.2 Å². The zero-order chi connectivity index (χ0) is 14.8. The number of halogens is 2. The Hall–Kier alpha value is -1.63. The van der Waals surface area contributed by atoms with E-state index in [0.29, 0.717) is 20.1 Å². The minimum atomic E-state index is -0.322. The van der Waals surface area contributed by atoms with Crippen LogP contribution in [0.1, 0.15) is 4.88 Å². The number of thioether (sulfide) groups is 1. The molecule has 0 unspecified atom stereocenters. The van der Waals surface area contributed by atoms with Gasteiger partial charge in [0.2, 0.25) is 0 Å². The quantitative estimate of drug-likeness (QED) is 0.823. The van der Waals surface area contributed by atoms with Crippen LogP contribution >= 0.6 is 34.7 Å². The molecule has 1 N–H and O–H groups in total. The van der Waals surface area contributed by atoms with Crippen molar-refractivity contribution in [2.24, 2.45) is 4.99 Å². The van der Waals surface area contributed by atoms with Crippen LogP contribution in [0.2, 0.25) is 4.34 Å². The van der Waals surface area contributed by atoms with Gasteiger partial charge in [0.05, 0.1) is 14.9 Å². The first-order valence-electron chi connectivity index (χ1n) is 5.91. The van der Waals surface area contributed by atoms with E-state index >= 15 is 0 Å². The Bertz CT molecular complexity index is 753. The van der Waals surface area contributed by atoms with Crippen LogP contribution in [0.4, 0.5) is 10.1 Å². The summed E-state index contributed by atoms with van der Waals surface area (Å²) in [4.78, 5) is 17.6. The smallest absolute Gasteiger partial charge is 0.264 e. The predicted octanol–water partition coefficient (Wildman–Crippen LogP) is 4.43. The maximum Gasteiger partial charge on any atom is 0.264 e. The van der Waals surface area contributed by atoms with Gasteiger partial charge >= 0.3 is 0 Å². The Balaban J connectivity index is 1.81. The second kappa shape index (κ2) is 6.01. The molecule has 1 aliphatic rings. The van der Waals surface area contributed by atoms with Crippen molar-refractivity contribution in [3.63, 3.8) is 0 Å². The van der Waals surface area contributed by atoms with E-state index in [1.807, 2.05) is 6.07 Å². The fraction of sp³-hybridized carbons (Fsp3) is 0. The highest BCUT2D eigenvalue weighted by Gasteiger charge is 2.23. The number of carbonyl (C=O) groups excluding carboxylic acids is 1. The van der Waals surface area contributed by atoms with Crippen LogP contribution in [0.5, 0.6) is 0 Å². The molecule has 2 aromatic rings. The molecule has 21 heavy (non-hydrogen) atoms. The van der Waals surface area contributed by atoms with Crippen molar-refractivity contribution in [2.75, 3.05) is 0 Å². The van der Waals surface area contributed by atoms with Gasteiger partial charge in [-0.15, -0.1) is 11.3 Å². The van der Waals surface area contributed by atoms with E-state index in [-0.39, 0.29) is 11.7 Å². The third-order valence-corrected chi connectivity index (χ3v) is 4.66. The molecule has 7 heteroatoms. The average Bonchev–Trinajstić information content (AvgIpc) is 3.00. The summed E-state index contributed by atoms with van der Waals surface area (Å²) in [6.45, 7) is 0. The summed E-state index contributed by atoms with van der Waals surface area (Å²) >= 11 is 8.50. The largest absolute Gasteiger partial charge is 0.300 e. The number of amidine groups is 1. The molecule has 0 aliphatic carbocycles. The summed E-state index contributed by atoms with van der Waals surface area (Å²) in [5, 5.41) is 3.15. The lowest BCUT2D eigenvalue weighted by Gasteiger charge is -1.95. The molecule has 1 fully saturated rings. The first-order chi connectivity index (χ1) is 10.1. The zero-order valence-electron chi connectivity index (χ0n) is 10.5.